The molecular weight excluding hydrogens is 400 g/mol. The summed E-state index contributed by atoms with van der Waals surface area (Å²) in [7, 11) is 0. The topological polar surface area (TPSA) is 67.4 Å². The summed E-state index contributed by atoms with van der Waals surface area (Å²) in [6.07, 6.45) is 5.01. The number of anilines is 1. The van der Waals surface area contributed by atoms with Crippen molar-refractivity contribution in [3.8, 4) is 0 Å². The molecule has 1 fully saturated rings. The largest absolute Gasteiger partial charge is 0.462 e. The number of rotatable bonds is 6. The van der Waals surface area contributed by atoms with Crippen molar-refractivity contribution in [2.75, 3.05) is 11.9 Å². The van der Waals surface area contributed by atoms with Crippen LogP contribution in [0.3, 0.4) is 0 Å². The summed E-state index contributed by atoms with van der Waals surface area (Å²) in [6, 6.07) is 13.9. The first kappa shape index (κ1) is 22.4. The SMILES string of the molecule is CC1(C)CCC(C)(C)c2cc(C(=O)OCCc3ccc(NC(=O)NC4CC4)cc3)ccc21. The molecule has 0 saturated heterocycles. The number of urea groups is 1. The van der Waals surface area contributed by atoms with Crippen LogP contribution in [0.15, 0.2) is 42.5 Å². The molecule has 0 heterocycles. The van der Waals surface area contributed by atoms with Crippen LogP contribution in [0.4, 0.5) is 10.5 Å². The third kappa shape index (κ3) is 5.14. The van der Waals surface area contributed by atoms with E-state index in [4.69, 9.17) is 4.74 Å². The van der Waals surface area contributed by atoms with Crippen molar-refractivity contribution >= 4 is 17.7 Å². The summed E-state index contributed by atoms with van der Waals surface area (Å²) in [6.45, 7) is 9.38. The fourth-order valence-electron chi connectivity index (χ4n) is 4.40. The molecule has 170 valence electrons. The molecule has 1 saturated carbocycles. The summed E-state index contributed by atoms with van der Waals surface area (Å²) in [4.78, 5) is 24.5. The van der Waals surface area contributed by atoms with Crippen molar-refractivity contribution in [2.45, 2.75) is 76.7 Å². The van der Waals surface area contributed by atoms with E-state index in [0.29, 0.717) is 24.6 Å². The second kappa shape index (κ2) is 8.61. The fourth-order valence-corrected chi connectivity index (χ4v) is 4.40. The molecule has 4 rings (SSSR count). The van der Waals surface area contributed by atoms with Gasteiger partial charge in [-0.25, -0.2) is 9.59 Å². The Hall–Kier alpha value is -2.82. The monoisotopic (exact) mass is 434 g/mol. The lowest BCUT2D eigenvalue weighted by atomic mass is 9.63. The van der Waals surface area contributed by atoms with E-state index in [9.17, 15) is 9.59 Å². The van der Waals surface area contributed by atoms with E-state index in [0.717, 1.165) is 36.9 Å². The van der Waals surface area contributed by atoms with Gasteiger partial charge < -0.3 is 15.4 Å². The maximum Gasteiger partial charge on any atom is 0.338 e. The second-order valence-electron chi connectivity index (χ2n) is 10.5. The number of esters is 1. The van der Waals surface area contributed by atoms with Gasteiger partial charge in [0.1, 0.15) is 0 Å². The van der Waals surface area contributed by atoms with Crippen LogP contribution in [0.2, 0.25) is 0 Å². The van der Waals surface area contributed by atoms with Crippen LogP contribution >= 0.6 is 0 Å². The molecule has 0 radical (unpaired) electrons. The van der Waals surface area contributed by atoms with Crippen molar-refractivity contribution < 1.29 is 14.3 Å². The molecule has 2 aliphatic rings. The highest BCUT2D eigenvalue weighted by molar-refractivity contribution is 5.90. The lowest BCUT2D eigenvalue weighted by molar-refractivity contribution is 0.0509. The number of hydrogen-bond acceptors (Lipinski definition) is 3. The van der Waals surface area contributed by atoms with Gasteiger partial charge in [0, 0.05) is 18.2 Å². The quantitative estimate of drug-likeness (QED) is 0.572. The van der Waals surface area contributed by atoms with E-state index < -0.39 is 0 Å². The maximum atomic E-state index is 12.7. The van der Waals surface area contributed by atoms with Crippen LogP contribution in [0.5, 0.6) is 0 Å². The van der Waals surface area contributed by atoms with Gasteiger partial charge in [-0.3, -0.25) is 0 Å². The Morgan fingerprint density at radius 3 is 2.25 bits per heavy atom. The number of carbonyl (C=O) groups excluding carboxylic acids is 2. The number of amides is 2. The first-order chi connectivity index (χ1) is 15.1. The number of nitrogens with one attached hydrogen (secondary N) is 2. The highest BCUT2D eigenvalue weighted by Crippen LogP contribution is 2.45. The lowest BCUT2D eigenvalue weighted by Crippen LogP contribution is -2.34. The van der Waals surface area contributed by atoms with E-state index in [-0.39, 0.29) is 22.8 Å². The average molecular weight is 435 g/mol. The molecule has 0 aliphatic heterocycles. The number of benzene rings is 2. The Labute approximate surface area is 190 Å². The van der Waals surface area contributed by atoms with Crippen LogP contribution < -0.4 is 10.6 Å². The molecule has 5 heteroatoms. The van der Waals surface area contributed by atoms with Crippen molar-refractivity contribution in [3.05, 3.63) is 64.7 Å². The predicted octanol–water partition coefficient (Wildman–Crippen LogP) is 5.72. The maximum absolute atomic E-state index is 12.7. The molecule has 2 aromatic carbocycles. The molecule has 32 heavy (non-hydrogen) atoms. The summed E-state index contributed by atoms with van der Waals surface area (Å²) in [5.41, 5.74) is 5.22. The number of carbonyl (C=O) groups is 2. The van der Waals surface area contributed by atoms with Gasteiger partial charge in [0.25, 0.3) is 0 Å². The smallest absolute Gasteiger partial charge is 0.338 e. The van der Waals surface area contributed by atoms with E-state index in [1.807, 2.05) is 36.4 Å². The Bertz CT molecular complexity index is 1000. The molecule has 2 aromatic rings. The minimum atomic E-state index is -0.276. The normalized spacial score (nSPS) is 18.4. The highest BCUT2D eigenvalue weighted by Gasteiger charge is 2.37. The molecule has 2 aliphatic carbocycles. The van der Waals surface area contributed by atoms with Crippen molar-refractivity contribution in [1.29, 1.82) is 0 Å². The van der Waals surface area contributed by atoms with Crippen LogP contribution in [-0.2, 0) is 22.0 Å². The molecule has 0 bridgehead atoms. The van der Waals surface area contributed by atoms with Gasteiger partial charge in [-0.15, -0.1) is 0 Å². The molecule has 0 atom stereocenters. The minimum Gasteiger partial charge on any atom is -0.462 e. The van der Waals surface area contributed by atoms with E-state index >= 15 is 0 Å². The Balaban J connectivity index is 1.32. The number of fused-ring (bicyclic) bond motifs is 1. The van der Waals surface area contributed by atoms with E-state index in [2.05, 4.69) is 44.4 Å². The van der Waals surface area contributed by atoms with Gasteiger partial charge in [-0.1, -0.05) is 45.9 Å². The van der Waals surface area contributed by atoms with Gasteiger partial charge >= 0.3 is 12.0 Å². The van der Waals surface area contributed by atoms with E-state index in [1.165, 1.54) is 11.1 Å². The lowest BCUT2D eigenvalue weighted by Gasteiger charge is -2.41. The third-order valence-electron chi connectivity index (χ3n) is 6.84. The standard InChI is InChI=1S/C27H34N2O3/c1-26(2)14-15-27(3,4)23-17-19(7-12-22(23)26)24(30)32-16-13-18-5-8-20(9-6-18)28-25(31)29-21-10-11-21/h5-9,12,17,21H,10-11,13-16H2,1-4H3,(H2,28,29,31). The van der Waals surface area contributed by atoms with E-state index in [1.54, 1.807) is 0 Å². The van der Waals surface area contributed by atoms with Crippen LogP contribution in [0, 0.1) is 0 Å². The number of ether oxygens (including phenoxy) is 1. The molecule has 0 aromatic heterocycles. The van der Waals surface area contributed by atoms with Gasteiger partial charge in [0.05, 0.1) is 12.2 Å². The molecule has 2 amide bonds. The molecular formula is C27H34N2O3. The first-order valence-corrected chi connectivity index (χ1v) is 11.6. The summed E-state index contributed by atoms with van der Waals surface area (Å²) >= 11 is 0. The summed E-state index contributed by atoms with van der Waals surface area (Å²) in [5.74, 6) is -0.276. The zero-order valence-electron chi connectivity index (χ0n) is 19.6. The third-order valence-corrected chi connectivity index (χ3v) is 6.84. The molecule has 0 unspecified atom stereocenters. The zero-order chi connectivity index (χ0) is 22.9. The molecule has 0 spiro atoms. The van der Waals surface area contributed by atoms with Crippen molar-refractivity contribution in [2.24, 2.45) is 0 Å². The van der Waals surface area contributed by atoms with Crippen LogP contribution in [-0.4, -0.2) is 24.6 Å². The second-order valence-corrected chi connectivity index (χ2v) is 10.5. The number of hydrogen-bond donors (Lipinski definition) is 2. The van der Waals surface area contributed by atoms with Gasteiger partial charge in [0.2, 0.25) is 0 Å². The summed E-state index contributed by atoms with van der Waals surface area (Å²) < 4.78 is 5.57. The minimum absolute atomic E-state index is 0.0620. The zero-order valence-corrected chi connectivity index (χ0v) is 19.6. The average Bonchev–Trinajstić information content (AvgIpc) is 3.56. The fraction of sp³-hybridized carbons (Fsp3) is 0.481. The Kier molecular flexibility index (Phi) is 6.02. The van der Waals surface area contributed by atoms with Gasteiger partial charge in [-0.2, -0.15) is 0 Å². The van der Waals surface area contributed by atoms with Crippen LogP contribution in [0.25, 0.3) is 0 Å². The first-order valence-electron chi connectivity index (χ1n) is 11.6. The van der Waals surface area contributed by atoms with Crippen molar-refractivity contribution in [1.82, 2.24) is 5.32 Å². The Morgan fingerprint density at radius 2 is 1.59 bits per heavy atom. The molecule has 5 nitrogen and oxygen atoms in total. The Morgan fingerprint density at radius 1 is 0.938 bits per heavy atom. The predicted molar refractivity (Wildman–Crippen MR) is 127 cm³/mol. The van der Waals surface area contributed by atoms with Crippen molar-refractivity contribution in [3.63, 3.8) is 0 Å². The van der Waals surface area contributed by atoms with Gasteiger partial charge in [-0.05, 0) is 77.5 Å². The van der Waals surface area contributed by atoms with Crippen LogP contribution in [0.1, 0.15) is 80.4 Å². The summed E-state index contributed by atoms with van der Waals surface area (Å²) in [5, 5.41) is 5.74. The molecule has 2 N–H and O–H groups in total. The highest BCUT2D eigenvalue weighted by atomic mass is 16.5. The van der Waals surface area contributed by atoms with Gasteiger partial charge in [0.15, 0.2) is 0 Å².